The van der Waals surface area contributed by atoms with Gasteiger partial charge in [0.2, 0.25) is 0 Å². The fraction of sp³-hybridized carbons (Fsp3) is 0.667. The lowest BCUT2D eigenvalue weighted by Gasteiger charge is -2.61. The van der Waals surface area contributed by atoms with Gasteiger partial charge in [0, 0.05) is 60.2 Å². The van der Waals surface area contributed by atoms with Crippen molar-refractivity contribution >= 4 is 23.7 Å². The Kier molecular flexibility index (Phi) is 14.5. The summed E-state index contributed by atoms with van der Waals surface area (Å²) in [6.45, 7) is 19.2. The molecule has 2 aromatic rings. The van der Waals surface area contributed by atoms with Crippen LogP contribution in [0.15, 0.2) is 41.4 Å². The number of carbonyl (C=O) groups excluding carboxylic acids is 2. The van der Waals surface area contributed by atoms with Crippen LogP contribution in [0.1, 0.15) is 90.6 Å². The van der Waals surface area contributed by atoms with Crippen molar-refractivity contribution in [2.45, 2.75) is 105 Å². The molecule has 56 heavy (non-hydrogen) atoms. The predicted octanol–water partition coefficient (Wildman–Crippen LogP) is 6.30. The van der Waals surface area contributed by atoms with Crippen molar-refractivity contribution < 1.29 is 29.4 Å². The number of para-hydroxylation sites is 1. The molecule has 9 atom stereocenters. The fourth-order valence-electron chi connectivity index (χ4n) is 9.96. The first-order chi connectivity index (χ1) is 26.5. The van der Waals surface area contributed by atoms with Crippen molar-refractivity contribution in [3.05, 3.63) is 47.5 Å². The van der Waals surface area contributed by atoms with Crippen LogP contribution in [-0.4, -0.2) is 110 Å². The van der Waals surface area contributed by atoms with E-state index in [9.17, 15) is 19.8 Å². The van der Waals surface area contributed by atoms with Crippen LogP contribution in [-0.2, 0) is 16.2 Å². The molecule has 0 radical (unpaired) electrons. The number of hydrogen-bond donors (Lipinski definition) is 3. The second-order valence-electron chi connectivity index (χ2n) is 17.9. The van der Waals surface area contributed by atoms with Crippen molar-refractivity contribution in [1.29, 1.82) is 0 Å². The van der Waals surface area contributed by atoms with Crippen LogP contribution in [0, 0.1) is 40.9 Å². The number of rotatable bonds is 17. The molecule has 2 aromatic carbocycles. The minimum Gasteiger partial charge on any atom is -0.496 e. The van der Waals surface area contributed by atoms with Gasteiger partial charge in [-0.05, 0) is 113 Å². The Hall–Kier alpha value is -3.35. The third kappa shape index (κ3) is 9.34. The highest BCUT2D eigenvalue weighted by atomic mass is 16.7. The van der Waals surface area contributed by atoms with E-state index in [0.717, 1.165) is 54.9 Å². The maximum Gasteiger partial charge on any atom is 0.265 e. The topological polar surface area (TPSA) is 127 Å². The number of aliphatic imine (C=N–C) groups is 1. The van der Waals surface area contributed by atoms with Crippen LogP contribution in [0.2, 0.25) is 0 Å². The summed E-state index contributed by atoms with van der Waals surface area (Å²) in [4.78, 5) is 43.2. The van der Waals surface area contributed by atoms with Gasteiger partial charge in [0.15, 0.2) is 0 Å². The van der Waals surface area contributed by atoms with Gasteiger partial charge in [0.1, 0.15) is 17.9 Å². The smallest absolute Gasteiger partial charge is 0.265 e. The molecule has 1 saturated heterocycles. The lowest BCUT2D eigenvalue weighted by Crippen LogP contribution is -2.55. The van der Waals surface area contributed by atoms with Crippen molar-refractivity contribution in [1.82, 2.24) is 15.3 Å². The minimum absolute atomic E-state index is 0.00610. The average molecular weight is 776 g/mol. The molecule has 11 nitrogen and oxygen atoms in total. The number of hydroxylamine groups is 2. The van der Waals surface area contributed by atoms with E-state index in [1.807, 2.05) is 50.6 Å². The molecule has 3 saturated carbocycles. The van der Waals surface area contributed by atoms with Crippen LogP contribution >= 0.6 is 0 Å². The molecule has 0 spiro atoms. The molecule has 1 heterocycles. The lowest BCUT2D eigenvalue weighted by atomic mass is 9.43. The number of ether oxygens (including phenoxy) is 1. The number of aliphatic hydroxyl groups is 2. The molecule has 2 bridgehead atoms. The van der Waals surface area contributed by atoms with Crippen LogP contribution in [0.3, 0.4) is 0 Å². The van der Waals surface area contributed by atoms with E-state index < -0.39 is 24.2 Å². The summed E-state index contributed by atoms with van der Waals surface area (Å²) in [5.74, 6) is 1.70. The molecule has 3 N–H and O–H groups in total. The normalized spacial score (nSPS) is 27.0. The van der Waals surface area contributed by atoms with E-state index in [4.69, 9.17) is 9.57 Å². The molecular formula is C45H69N5O6. The molecule has 1 aliphatic heterocycles. The highest BCUT2D eigenvalue weighted by Crippen LogP contribution is 2.62. The number of nitrogens with zero attached hydrogens (tertiary/aromatic N) is 4. The number of nitrogens with one attached hydrogen (secondary N) is 1. The van der Waals surface area contributed by atoms with E-state index in [1.165, 1.54) is 6.42 Å². The Morgan fingerprint density at radius 3 is 2.41 bits per heavy atom. The molecule has 2 amide bonds. The summed E-state index contributed by atoms with van der Waals surface area (Å²) >= 11 is 0. The fourth-order valence-corrected chi connectivity index (χ4v) is 9.96. The molecule has 0 aromatic heterocycles. The second-order valence-corrected chi connectivity index (χ2v) is 17.9. The zero-order valence-electron chi connectivity index (χ0n) is 35.8. The van der Waals surface area contributed by atoms with E-state index >= 15 is 0 Å². The molecule has 2 unspecified atom stereocenters. The number of methoxy groups -OCH3 is 1. The van der Waals surface area contributed by atoms with Gasteiger partial charge in [-0.3, -0.25) is 14.4 Å². The Balaban J connectivity index is 1.47. The van der Waals surface area contributed by atoms with Crippen LogP contribution in [0.5, 0.6) is 5.75 Å². The van der Waals surface area contributed by atoms with Gasteiger partial charge in [-0.25, -0.2) is 4.99 Å². The monoisotopic (exact) mass is 776 g/mol. The third-order valence-electron chi connectivity index (χ3n) is 13.1. The summed E-state index contributed by atoms with van der Waals surface area (Å²) in [7, 11) is 5.66. The molecule has 4 aliphatic rings. The summed E-state index contributed by atoms with van der Waals surface area (Å²) < 4.78 is 6.12. The molecule has 4 fully saturated rings. The van der Waals surface area contributed by atoms with Crippen LogP contribution < -0.4 is 15.0 Å². The first-order valence-electron chi connectivity index (χ1n) is 20.9. The van der Waals surface area contributed by atoms with Gasteiger partial charge < -0.3 is 30.1 Å². The van der Waals surface area contributed by atoms with E-state index in [-0.39, 0.29) is 36.9 Å². The quantitative estimate of drug-likeness (QED) is 0.159. The van der Waals surface area contributed by atoms with Gasteiger partial charge in [-0.2, -0.15) is 5.06 Å². The van der Waals surface area contributed by atoms with Gasteiger partial charge >= 0.3 is 0 Å². The highest BCUT2D eigenvalue weighted by molar-refractivity contribution is 5.97. The molecule has 6 rings (SSSR count). The number of hydrogen-bond acceptors (Lipinski definition) is 9. The first-order valence-corrected chi connectivity index (χ1v) is 20.9. The molecule has 11 heteroatoms. The minimum atomic E-state index is -0.929. The Morgan fingerprint density at radius 1 is 1.12 bits per heavy atom. The average Bonchev–Trinajstić information content (AvgIpc) is 3.52. The number of benzene rings is 2. The highest BCUT2D eigenvalue weighted by Gasteiger charge is 2.56. The summed E-state index contributed by atoms with van der Waals surface area (Å²) in [6.07, 6.45) is 3.25. The second kappa shape index (κ2) is 18.5. The Labute approximate surface area is 335 Å². The molecule has 3 aliphatic carbocycles. The van der Waals surface area contributed by atoms with Crippen LogP contribution in [0.25, 0.3) is 11.1 Å². The van der Waals surface area contributed by atoms with E-state index in [0.29, 0.717) is 40.4 Å². The third-order valence-corrected chi connectivity index (χ3v) is 13.1. The number of fused-ring (bicyclic) bond motifs is 2. The zero-order valence-corrected chi connectivity index (χ0v) is 35.8. The van der Waals surface area contributed by atoms with Crippen molar-refractivity contribution in [2.75, 3.05) is 52.3 Å². The maximum atomic E-state index is 14.1. The van der Waals surface area contributed by atoms with Gasteiger partial charge in [-0.15, -0.1) is 0 Å². The molecular weight excluding hydrogens is 707 g/mol. The Morgan fingerprint density at radius 2 is 1.84 bits per heavy atom. The number of anilines is 1. The van der Waals surface area contributed by atoms with Gasteiger partial charge in [-0.1, -0.05) is 52.8 Å². The van der Waals surface area contributed by atoms with Crippen molar-refractivity contribution in [3.8, 4) is 16.9 Å². The number of carbonyl (C=O) groups is 2. The lowest BCUT2D eigenvalue weighted by molar-refractivity contribution is -0.181. The standard InChI is InChI=1S/C45H69N5O6/c1-12-49(13-2)36-20-31(18-32(21-36)43(53)47-35(17-27(3)4)25-48(9)10)37-16-14-15-30(42(37)55-11)24-50-41(40(29(6)52)39(26-51)56-50)44(54)46-23-33-19-34-22-38(28(33)5)45(34,7)8/h14-16,18,20-21,23,27-29,33-35,38-41,51-52H,12-13,17,19,22,24-26H2,1-11H3,(H,47,53)/t28-,29+,33?,34+,35+,38+,39+,40?,41+/m1/s1. The SMILES string of the molecule is CCN(CC)c1cc(C(=O)N[C@@H](CC(C)C)CN(C)C)cc(-c2cccc(CN3O[C@@H](CO)C([C@H](C)O)[C@H]3C(=O)N=CC3C[C@H]4C[C@@H]([C@@H]3C)C4(C)C)c2OC)c1. The van der Waals surface area contributed by atoms with E-state index in [1.54, 1.807) is 19.1 Å². The number of amides is 2. The maximum absolute atomic E-state index is 14.1. The van der Waals surface area contributed by atoms with Gasteiger partial charge in [0.25, 0.3) is 11.8 Å². The number of aliphatic hydroxyl groups excluding tert-OH is 2. The summed E-state index contributed by atoms with van der Waals surface area (Å²) in [5, 5.41) is 26.2. The van der Waals surface area contributed by atoms with E-state index in [2.05, 4.69) is 74.6 Å². The zero-order chi connectivity index (χ0) is 41.1. The first kappa shape index (κ1) is 43.8. The largest absolute Gasteiger partial charge is 0.496 e. The van der Waals surface area contributed by atoms with Crippen molar-refractivity contribution in [2.24, 2.45) is 45.9 Å². The molecule has 310 valence electrons. The summed E-state index contributed by atoms with van der Waals surface area (Å²) in [5.41, 5.74) is 4.19. The van der Waals surface area contributed by atoms with Gasteiger partial charge in [0.05, 0.1) is 26.4 Å². The summed E-state index contributed by atoms with van der Waals surface area (Å²) in [6, 6.07) is 10.9. The predicted molar refractivity (Wildman–Crippen MR) is 224 cm³/mol. The number of likely N-dealkylation sites (N-methyl/N-ethyl adjacent to an activating group) is 1. The van der Waals surface area contributed by atoms with Crippen molar-refractivity contribution in [3.63, 3.8) is 0 Å². The Bertz CT molecular complexity index is 1680. The van der Waals surface area contributed by atoms with Crippen LogP contribution in [0.4, 0.5) is 5.69 Å².